The van der Waals surface area contributed by atoms with E-state index < -0.39 is 17.5 Å². The zero-order valence-electron chi connectivity index (χ0n) is 16.5. The van der Waals surface area contributed by atoms with Crippen molar-refractivity contribution >= 4 is 38.5 Å². The normalized spacial score (nSPS) is 14.3. The van der Waals surface area contributed by atoms with Gasteiger partial charge in [-0.3, -0.25) is 10.1 Å². The number of benzene rings is 3. The summed E-state index contributed by atoms with van der Waals surface area (Å²) in [6, 6.07) is 23.6. The van der Waals surface area contributed by atoms with Crippen LogP contribution in [0.2, 0.25) is 0 Å². The fraction of sp³-hybridized carbons (Fsp3) is 0.120. The second-order valence-electron chi connectivity index (χ2n) is 7.77. The molecule has 5 rings (SSSR count). The Morgan fingerprint density at radius 3 is 1.97 bits per heavy atom. The van der Waals surface area contributed by atoms with Crippen molar-refractivity contribution in [2.75, 3.05) is 5.32 Å². The minimum absolute atomic E-state index is 0.606. The molecule has 5 nitrogen and oxygen atoms in total. The van der Waals surface area contributed by atoms with E-state index in [0.29, 0.717) is 17.8 Å². The summed E-state index contributed by atoms with van der Waals surface area (Å²) < 4.78 is 1.02. The zero-order chi connectivity index (χ0) is 21.6. The molecule has 31 heavy (non-hydrogen) atoms. The molecule has 1 heterocycles. The highest BCUT2D eigenvalue weighted by atomic mass is 32.1. The molecular formula is C25H19NO4S. The second kappa shape index (κ2) is 7.25. The monoisotopic (exact) mass is 429 g/mol. The van der Waals surface area contributed by atoms with Crippen LogP contribution in [-0.4, -0.2) is 22.3 Å². The summed E-state index contributed by atoms with van der Waals surface area (Å²) >= 11 is 1.42. The number of amides is 1. The van der Waals surface area contributed by atoms with Crippen LogP contribution in [0.4, 0.5) is 9.80 Å². The molecular weight excluding hydrogens is 410 g/mol. The van der Waals surface area contributed by atoms with Gasteiger partial charge in [-0.2, -0.15) is 0 Å². The minimum atomic E-state index is -1.08. The lowest BCUT2D eigenvalue weighted by Crippen LogP contribution is -2.19. The molecule has 1 aliphatic rings. The fourth-order valence-electron chi connectivity index (χ4n) is 4.08. The molecule has 0 bridgehead atoms. The van der Waals surface area contributed by atoms with Gasteiger partial charge in [-0.25, -0.2) is 4.79 Å². The van der Waals surface area contributed by atoms with Crippen molar-refractivity contribution in [3.63, 3.8) is 0 Å². The van der Waals surface area contributed by atoms with Gasteiger partial charge in [0.15, 0.2) is 0 Å². The molecule has 1 aliphatic carbocycles. The van der Waals surface area contributed by atoms with Gasteiger partial charge >= 0.3 is 12.1 Å². The predicted molar refractivity (Wildman–Crippen MR) is 123 cm³/mol. The summed E-state index contributed by atoms with van der Waals surface area (Å²) in [5.41, 5.74) is 4.00. The van der Waals surface area contributed by atoms with E-state index >= 15 is 0 Å². The minimum Gasteiger partial charge on any atom is -0.481 e. The van der Waals surface area contributed by atoms with Crippen molar-refractivity contribution in [1.82, 2.24) is 0 Å². The van der Waals surface area contributed by atoms with Crippen molar-refractivity contribution in [2.45, 2.75) is 18.3 Å². The van der Waals surface area contributed by atoms with Crippen molar-refractivity contribution in [3.8, 4) is 22.3 Å². The Hall–Kier alpha value is -3.64. The third-order valence-corrected chi connectivity index (χ3v) is 7.01. The van der Waals surface area contributed by atoms with Gasteiger partial charge in [0, 0.05) is 15.6 Å². The van der Waals surface area contributed by atoms with Crippen LogP contribution >= 0.6 is 11.3 Å². The van der Waals surface area contributed by atoms with Crippen LogP contribution in [-0.2, 0) is 10.2 Å². The molecule has 4 aromatic rings. The largest absolute Gasteiger partial charge is 0.481 e. The van der Waals surface area contributed by atoms with Crippen molar-refractivity contribution in [3.05, 3.63) is 78.4 Å². The number of anilines is 1. The number of rotatable bonds is 5. The standard InChI is InChI=1S/C25H19NO4S/c27-23(28)25(13-14-25)18-11-9-16(10-12-18)15-5-7-17(8-6-15)21-19-3-1-2-4-20(19)31-22(21)26-24(29)30/h1-12,26H,13-14H2,(H,27,28)(H,29,30). The molecule has 3 N–H and O–H groups in total. The molecule has 1 saturated carbocycles. The van der Waals surface area contributed by atoms with Gasteiger partial charge in [0.05, 0.1) is 5.41 Å². The first-order valence-corrected chi connectivity index (χ1v) is 10.8. The SMILES string of the molecule is O=C(O)Nc1sc2ccccc2c1-c1ccc(-c2ccc(C3(C(=O)O)CC3)cc2)cc1. The van der Waals surface area contributed by atoms with Gasteiger partial charge in [-0.05, 0) is 41.2 Å². The van der Waals surface area contributed by atoms with E-state index in [2.05, 4.69) is 5.32 Å². The molecule has 0 aliphatic heterocycles. The maximum Gasteiger partial charge on any atom is 0.409 e. The smallest absolute Gasteiger partial charge is 0.409 e. The summed E-state index contributed by atoms with van der Waals surface area (Å²) in [4.78, 5) is 22.8. The van der Waals surface area contributed by atoms with E-state index in [0.717, 1.165) is 37.9 Å². The molecule has 0 atom stereocenters. The van der Waals surface area contributed by atoms with E-state index in [1.54, 1.807) is 0 Å². The van der Waals surface area contributed by atoms with Gasteiger partial charge in [-0.1, -0.05) is 66.7 Å². The average Bonchev–Trinajstić information content (AvgIpc) is 3.51. The van der Waals surface area contributed by atoms with Gasteiger partial charge in [0.1, 0.15) is 5.00 Å². The Morgan fingerprint density at radius 2 is 1.39 bits per heavy atom. The quantitative estimate of drug-likeness (QED) is 0.341. The molecule has 0 saturated heterocycles. The highest BCUT2D eigenvalue weighted by molar-refractivity contribution is 7.23. The number of hydrogen-bond acceptors (Lipinski definition) is 3. The van der Waals surface area contributed by atoms with E-state index in [1.807, 2.05) is 72.8 Å². The number of nitrogens with one attached hydrogen (secondary N) is 1. The number of carboxylic acids is 1. The Balaban J connectivity index is 1.49. The number of aliphatic carboxylic acids is 1. The summed E-state index contributed by atoms with van der Waals surface area (Å²) in [5.74, 6) is -0.752. The van der Waals surface area contributed by atoms with Crippen LogP contribution in [0.3, 0.4) is 0 Å². The first-order chi connectivity index (χ1) is 15.0. The zero-order valence-corrected chi connectivity index (χ0v) is 17.3. The first kappa shape index (κ1) is 19.3. The van der Waals surface area contributed by atoms with Crippen LogP contribution in [0.1, 0.15) is 18.4 Å². The topological polar surface area (TPSA) is 86.6 Å². The highest BCUT2D eigenvalue weighted by Crippen LogP contribution is 2.48. The number of fused-ring (bicyclic) bond motifs is 1. The van der Waals surface area contributed by atoms with Crippen LogP contribution in [0.15, 0.2) is 72.8 Å². The molecule has 0 spiro atoms. The maximum atomic E-state index is 11.5. The van der Waals surface area contributed by atoms with Crippen LogP contribution in [0.25, 0.3) is 32.3 Å². The third kappa shape index (κ3) is 3.35. The lowest BCUT2D eigenvalue weighted by atomic mass is 9.93. The Kier molecular flexibility index (Phi) is 4.52. The van der Waals surface area contributed by atoms with Crippen molar-refractivity contribution in [1.29, 1.82) is 0 Å². The number of carboxylic acid groups (broad SMARTS) is 2. The molecule has 6 heteroatoms. The van der Waals surface area contributed by atoms with E-state index in [4.69, 9.17) is 0 Å². The third-order valence-electron chi connectivity index (χ3n) is 5.92. The maximum absolute atomic E-state index is 11.5. The lowest BCUT2D eigenvalue weighted by molar-refractivity contribution is -0.140. The molecule has 1 amide bonds. The summed E-state index contributed by atoms with van der Waals surface area (Å²) in [6.45, 7) is 0. The van der Waals surface area contributed by atoms with Crippen molar-refractivity contribution < 1.29 is 19.8 Å². The number of carbonyl (C=O) groups is 2. The Morgan fingerprint density at radius 1 is 0.806 bits per heavy atom. The van der Waals surface area contributed by atoms with Gasteiger partial charge < -0.3 is 10.2 Å². The van der Waals surface area contributed by atoms with Gasteiger partial charge in [0.2, 0.25) is 0 Å². The van der Waals surface area contributed by atoms with Crippen molar-refractivity contribution in [2.24, 2.45) is 0 Å². The molecule has 1 aromatic heterocycles. The molecule has 154 valence electrons. The summed E-state index contributed by atoms with van der Waals surface area (Å²) in [7, 11) is 0. The second-order valence-corrected chi connectivity index (χ2v) is 8.83. The lowest BCUT2D eigenvalue weighted by Gasteiger charge is -2.11. The Bertz CT molecular complexity index is 1300. The molecule has 0 radical (unpaired) electrons. The number of thiophene rings is 1. The van der Waals surface area contributed by atoms with Crippen LogP contribution in [0.5, 0.6) is 0 Å². The van der Waals surface area contributed by atoms with Crippen LogP contribution < -0.4 is 5.32 Å². The van der Waals surface area contributed by atoms with E-state index in [-0.39, 0.29) is 0 Å². The predicted octanol–water partition coefficient (Wildman–Crippen LogP) is 6.44. The fourth-order valence-corrected chi connectivity index (χ4v) is 5.19. The molecule has 1 fully saturated rings. The summed E-state index contributed by atoms with van der Waals surface area (Å²) in [6.07, 6.45) is 0.300. The first-order valence-electron chi connectivity index (χ1n) is 9.94. The van der Waals surface area contributed by atoms with Crippen LogP contribution in [0, 0.1) is 0 Å². The molecule has 3 aromatic carbocycles. The number of hydrogen-bond donors (Lipinski definition) is 3. The van der Waals surface area contributed by atoms with Gasteiger partial charge in [0.25, 0.3) is 0 Å². The molecule has 0 unspecified atom stereocenters. The highest BCUT2D eigenvalue weighted by Gasteiger charge is 2.51. The van der Waals surface area contributed by atoms with E-state index in [9.17, 15) is 19.8 Å². The average molecular weight is 429 g/mol. The Labute approximate surface area is 182 Å². The summed E-state index contributed by atoms with van der Waals surface area (Å²) in [5, 5.41) is 22.9. The van der Waals surface area contributed by atoms with E-state index in [1.165, 1.54) is 11.3 Å². The van der Waals surface area contributed by atoms with Gasteiger partial charge in [-0.15, -0.1) is 11.3 Å².